The number of benzene rings is 1. The summed E-state index contributed by atoms with van der Waals surface area (Å²) >= 11 is 0. The van der Waals surface area contributed by atoms with E-state index in [1.54, 1.807) is 32.2 Å². The van der Waals surface area contributed by atoms with Crippen molar-refractivity contribution in [2.45, 2.75) is 19.1 Å². The molecule has 5 heteroatoms. The minimum absolute atomic E-state index is 0.507. The first-order valence-electron chi connectivity index (χ1n) is 5.39. The van der Waals surface area contributed by atoms with Gasteiger partial charge in [0.2, 0.25) is 0 Å². The van der Waals surface area contributed by atoms with Gasteiger partial charge in [-0.15, -0.1) is 0 Å². The third-order valence-corrected chi connectivity index (χ3v) is 4.16. The van der Waals surface area contributed by atoms with Crippen LogP contribution in [0.2, 0.25) is 0 Å². The molecule has 4 nitrogen and oxygen atoms in total. The number of hydrogen-bond donors (Lipinski definition) is 0. The zero-order chi connectivity index (χ0) is 13.1. The van der Waals surface area contributed by atoms with E-state index in [0.717, 1.165) is 0 Å². The van der Waals surface area contributed by atoms with E-state index in [4.69, 9.17) is 9.47 Å². The normalized spacial score (nSPS) is 13.2. The van der Waals surface area contributed by atoms with Crippen molar-refractivity contribution in [3.8, 4) is 11.5 Å². The summed E-state index contributed by atoms with van der Waals surface area (Å²) in [4.78, 5) is 0. The summed E-state index contributed by atoms with van der Waals surface area (Å²) in [6, 6.07) is 5.18. The Balaban J connectivity index is 3.16. The van der Waals surface area contributed by atoms with Gasteiger partial charge in [0.05, 0.1) is 19.0 Å². The Hall–Kier alpha value is -1.23. The molecule has 1 atom stereocenters. The largest absolute Gasteiger partial charge is 0.493 e. The van der Waals surface area contributed by atoms with Crippen LogP contribution in [0.15, 0.2) is 18.2 Å². The Kier molecular flexibility index (Phi) is 4.40. The third kappa shape index (κ3) is 3.36. The van der Waals surface area contributed by atoms with Crippen LogP contribution in [0.1, 0.15) is 24.7 Å². The lowest BCUT2D eigenvalue weighted by Crippen LogP contribution is -2.08. The van der Waals surface area contributed by atoms with Gasteiger partial charge in [-0.05, 0) is 31.5 Å². The molecule has 1 unspecified atom stereocenters. The molecular formula is C12H18O4S. The standard InChI is InChI=1S/C12H18O4S/c1-5-16-12-8-10(6-7-11(12)15-3)9(2)17(4,13)14/h6-9H,5H2,1-4H3. The molecule has 0 heterocycles. The van der Waals surface area contributed by atoms with Crippen molar-refractivity contribution in [3.63, 3.8) is 0 Å². The highest BCUT2D eigenvalue weighted by Crippen LogP contribution is 2.32. The van der Waals surface area contributed by atoms with E-state index in [2.05, 4.69) is 0 Å². The summed E-state index contributed by atoms with van der Waals surface area (Å²) in [5.41, 5.74) is 0.705. The van der Waals surface area contributed by atoms with Crippen LogP contribution < -0.4 is 9.47 Å². The number of rotatable bonds is 5. The maximum Gasteiger partial charge on any atom is 0.161 e. The summed E-state index contributed by atoms with van der Waals surface area (Å²) in [5, 5.41) is -0.549. The molecule has 0 aliphatic rings. The van der Waals surface area contributed by atoms with E-state index in [1.807, 2.05) is 6.92 Å². The lowest BCUT2D eigenvalue weighted by molar-refractivity contribution is 0.310. The van der Waals surface area contributed by atoms with Gasteiger partial charge in [0.1, 0.15) is 0 Å². The highest BCUT2D eigenvalue weighted by atomic mass is 32.2. The molecular weight excluding hydrogens is 240 g/mol. The summed E-state index contributed by atoms with van der Waals surface area (Å²) in [7, 11) is -1.55. The molecule has 17 heavy (non-hydrogen) atoms. The van der Waals surface area contributed by atoms with E-state index < -0.39 is 15.1 Å². The predicted octanol–water partition coefficient (Wildman–Crippen LogP) is 2.20. The molecule has 0 fully saturated rings. The van der Waals surface area contributed by atoms with Gasteiger partial charge in [-0.3, -0.25) is 0 Å². The van der Waals surface area contributed by atoms with Crippen molar-refractivity contribution in [1.29, 1.82) is 0 Å². The van der Waals surface area contributed by atoms with Crippen molar-refractivity contribution >= 4 is 9.84 Å². The van der Waals surface area contributed by atoms with Crippen LogP contribution in [0.3, 0.4) is 0 Å². The highest BCUT2D eigenvalue weighted by molar-refractivity contribution is 7.90. The Morgan fingerprint density at radius 2 is 1.94 bits per heavy atom. The van der Waals surface area contributed by atoms with Gasteiger partial charge < -0.3 is 9.47 Å². The van der Waals surface area contributed by atoms with Crippen molar-refractivity contribution in [1.82, 2.24) is 0 Å². The second kappa shape index (κ2) is 5.40. The van der Waals surface area contributed by atoms with E-state index in [1.165, 1.54) is 6.26 Å². The van der Waals surface area contributed by atoms with Gasteiger partial charge in [0, 0.05) is 6.26 Å². The van der Waals surface area contributed by atoms with E-state index in [0.29, 0.717) is 23.7 Å². The second-order valence-corrected chi connectivity index (χ2v) is 6.18. The zero-order valence-electron chi connectivity index (χ0n) is 10.6. The molecule has 0 saturated carbocycles. The number of ether oxygens (including phenoxy) is 2. The maximum absolute atomic E-state index is 11.5. The number of sulfone groups is 1. The first-order valence-corrected chi connectivity index (χ1v) is 7.35. The van der Waals surface area contributed by atoms with Crippen LogP contribution in [0.25, 0.3) is 0 Å². The summed E-state index contributed by atoms with van der Waals surface area (Å²) in [6.07, 6.45) is 1.22. The molecule has 1 aromatic carbocycles. The average molecular weight is 258 g/mol. The molecule has 0 aliphatic heterocycles. The first-order chi connectivity index (χ1) is 7.90. The van der Waals surface area contributed by atoms with E-state index in [-0.39, 0.29) is 0 Å². The lowest BCUT2D eigenvalue weighted by Gasteiger charge is -2.14. The fourth-order valence-electron chi connectivity index (χ4n) is 1.46. The fraction of sp³-hybridized carbons (Fsp3) is 0.500. The SMILES string of the molecule is CCOc1cc(C(C)S(C)(=O)=O)ccc1OC. The number of hydrogen-bond acceptors (Lipinski definition) is 4. The van der Waals surface area contributed by atoms with Crippen molar-refractivity contribution in [3.05, 3.63) is 23.8 Å². The topological polar surface area (TPSA) is 52.6 Å². The predicted molar refractivity (Wildman–Crippen MR) is 67.4 cm³/mol. The molecule has 1 aromatic rings. The molecule has 1 rings (SSSR count). The molecule has 96 valence electrons. The van der Waals surface area contributed by atoms with Gasteiger partial charge in [0.25, 0.3) is 0 Å². The lowest BCUT2D eigenvalue weighted by atomic mass is 10.1. The Labute approximate surface area is 102 Å². The second-order valence-electron chi connectivity index (χ2n) is 3.82. The van der Waals surface area contributed by atoms with Crippen LogP contribution in [-0.2, 0) is 9.84 Å². The van der Waals surface area contributed by atoms with Crippen LogP contribution in [0.5, 0.6) is 11.5 Å². The monoisotopic (exact) mass is 258 g/mol. The highest BCUT2D eigenvalue weighted by Gasteiger charge is 2.18. The molecule has 0 N–H and O–H groups in total. The van der Waals surface area contributed by atoms with Gasteiger partial charge in [-0.25, -0.2) is 8.42 Å². The van der Waals surface area contributed by atoms with Crippen LogP contribution in [0, 0.1) is 0 Å². The molecule has 0 aromatic heterocycles. The first kappa shape index (κ1) is 13.8. The smallest absolute Gasteiger partial charge is 0.161 e. The van der Waals surface area contributed by atoms with Gasteiger partial charge >= 0.3 is 0 Å². The van der Waals surface area contributed by atoms with Gasteiger partial charge in [-0.2, -0.15) is 0 Å². The maximum atomic E-state index is 11.5. The van der Waals surface area contributed by atoms with Crippen molar-refractivity contribution in [2.75, 3.05) is 20.0 Å². The quantitative estimate of drug-likeness (QED) is 0.812. The van der Waals surface area contributed by atoms with E-state index in [9.17, 15) is 8.42 Å². The summed E-state index contributed by atoms with van der Waals surface area (Å²) in [6.45, 7) is 4.03. The third-order valence-electron chi connectivity index (χ3n) is 2.60. The Morgan fingerprint density at radius 3 is 2.41 bits per heavy atom. The van der Waals surface area contributed by atoms with Crippen LogP contribution in [-0.4, -0.2) is 28.4 Å². The average Bonchev–Trinajstić information content (AvgIpc) is 2.27. The molecule has 0 bridgehead atoms. The minimum atomic E-state index is -3.10. The summed E-state index contributed by atoms with van der Waals surface area (Å²) < 4.78 is 33.5. The van der Waals surface area contributed by atoms with Crippen molar-refractivity contribution in [2.24, 2.45) is 0 Å². The summed E-state index contributed by atoms with van der Waals surface area (Å²) in [5.74, 6) is 1.18. The Bertz CT molecular complexity index is 479. The number of methoxy groups -OCH3 is 1. The van der Waals surface area contributed by atoms with Crippen molar-refractivity contribution < 1.29 is 17.9 Å². The van der Waals surface area contributed by atoms with Crippen LogP contribution in [0.4, 0.5) is 0 Å². The van der Waals surface area contributed by atoms with Gasteiger partial charge in [0.15, 0.2) is 21.3 Å². The molecule has 0 spiro atoms. The molecule has 0 radical (unpaired) electrons. The molecule has 0 saturated heterocycles. The molecule has 0 aliphatic carbocycles. The fourth-order valence-corrected chi connectivity index (χ4v) is 2.10. The van der Waals surface area contributed by atoms with E-state index >= 15 is 0 Å². The minimum Gasteiger partial charge on any atom is -0.493 e. The zero-order valence-corrected chi connectivity index (χ0v) is 11.4. The Morgan fingerprint density at radius 1 is 1.29 bits per heavy atom. The molecule has 0 amide bonds. The van der Waals surface area contributed by atoms with Crippen LogP contribution >= 0.6 is 0 Å². The van der Waals surface area contributed by atoms with Gasteiger partial charge in [-0.1, -0.05) is 6.07 Å².